The second kappa shape index (κ2) is 5.33. The summed E-state index contributed by atoms with van der Waals surface area (Å²) in [5.74, 6) is 0.164. The second-order valence-electron chi connectivity index (χ2n) is 5.93. The number of amides is 1. The van der Waals surface area contributed by atoms with Crippen LogP contribution >= 0.6 is 0 Å². The summed E-state index contributed by atoms with van der Waals surface area (Å²) < 4.78 is 0. The number of nitrogens with zero attached hydrogens (tertiary/aromatic N) is 1. The summed E-state index contributed by atoms with van der Waals surface area (Å²) in [5.41, 5.74) is 2.95. The molecule has 1 aliphatic rings. The number of carbonyl (C=O) groups excluding carboxylic acids is 1. The Hall–Kier alpha value is -1.35. The van der Waals surface area contributed by atoms with Crippen molar-refractivity contribution in [2.45, 2.75) is 45.6 Å². The number of anilines is 1. The van der Waals surface area contributed by atoms with E-state index in [9.17, 15) is 4.79 Å². The van der Waals surface area contributed by atoms with Crippen molar-refractivity contribution in [2.24, 2.45) is 0 Å². The van der Waals surface area contributed by atoms with Gasteiger partial charge < -0.3 is 10.2 Å². The minimum Gasteiger partial charge on any atom is -0.314 e. The maximum absolute atomic E-state index is 12.7. The van der Waals surface area contributed by atoms with E-state index in [4.69, 9.17) is 0 Å². The molecule has 1 aromatic rings. The fourth-order valence-corrected chi connectivity index (χ4v) is 2.87. The lowest BCUT2D eigenvalue weighted by Gasteiger charge is -2.36. The summed E-state index contributed by atoms with van der Waals surface area (Å²) in [7, 11) is 1.87. The molecule has 0 radical (unpaired) electrons. The van der Waals surface area contributed by atoms with E-state index >= 15 is 0 Å². The van der Waals surface area contributed by atoms with Crippen LogP contribution < -0.4 is 10.2 Å². The quantitative estimate of drug-likeness (QED) is 0.887. The van der Waals surface area contributed by atoms with E-state index in [0.717, 1.165) is 31.5 Å². The van der Waals surface area contributed by atoms with Crippen molar-refractivity contribution in [1.82, 2.24) is 5.32 Å². The molecule has 0 bridgehead atoms. The molecule has 1 fully saturated rings. The first-order valence-electron chi connectivity index (χ1n) is 7.04. The van der Waals surface area contributed by atoms with Crippen LogP contribution in [0.5, 0.6) is 0 Å². The van der Waals surface area contributed by atoms with Crippen molar-refractivity contribution in [2.75, 3.05) is 18.5 Å². The molecule has 1 heterocycles. The molecule has 0 saturated carbocycles. The molecule has 1 saturated heterocycles. The number of rotatable bonds is 2. The topological polar surface area (TPSA) is 32.3 Å². The largest absolute Gasteiger partial charge is 0.314 e. The number of aryl methyl sites for hydroxylation is 2. The molecule has 2 rings (SSSR count). The lowest BCUT2D eigenvalue weighted by molar-refractivity contribution is -0.124. The highest BCUT2D eigenvalue weighted by Crippen LogP contribution is 2.25. The van der Waals surface area contributed by atoms with Gasteiger partial charge in [0.2, 0.25) is 5.91 Å². The van der Waals surface area contributed by atoms with Gasteiger partial charge in [0.25, 0.3) is 0 Å². The number of likely N-dealkylation sites (N-methyl/N-ethyl adjacent to an activating group) is 1. The van der Waals surface area contributed by atoms with Gasteiger partial charge in [-0.3, -0.25) is 4.79 Å². The van der Waals surface area contributed by atoms with Crippen LogP contribution in [-0.4, -0.2) is 25.0 Å². The molecule has 0 aromatic heterocycles. The Morgan fingerprint density at radius 3 is 2.37 bits per heavy atom. The van der Waals surface area contributed by atoms with Gasteiger partial charge in [0.05, 0.1) is 5.54 Å². The number of nitrogens with one attached hydrogen (secondary N) is 1. The number of carbonyl (C=O) groups is 1. The molecule has 1 aliphatic heterocycles. The molecule has 3 heteroatoms. The van der Waals surface area contributed by atoms with Crippen LogP contribution in [0.2, 0.25) is 0 Å². The summed E-state index contributed by atoms with van der Waals surface area (Å²) in [6.07, 6.45) is 3.20. The van der Waals surface area contributed by atoms with Gasteiger partial charge in [0, 0.05) is 12.7 Å². The van der Waals surface area contributed by atoms with Crippen LogP contribution in [-0.2, 0) is 4.79 Å². The molecule has 104 valence electrons. The number of hydrogen-bond acceptors (Lipinski definition) is 2. The van der Waals surface area contributed by atoms with Crippen molar-refractivity contribution in [1.29, 1.82) is 0 Å². The molecule has 19 heavy (non-hydrogen) atoms. The highest BCUT2D eigenvalue weighted by molar-refractivity contribution is 5.99. The average molecular weight is 260 g/mol. The van der Waals surface area contributed by atoms with E-state index in [1.54, 1.807) is 4.90 Å². The van der Waals surface area contributed by atoms with Crippen LogP contribution in [0, 0.1) is 13.8 Å². The van der Waals surface area contributed by atoms with Crippen LogP contribution in [0.4, 0.5) is 5.69 Å². The van der Waals surface area contributed by atoms with Gasteiger partial charge in [-0.25, -0.2) is 0 Å². The van der Waals surface area contributed by atoms with Gasteiger partial charge in [-0.1, -0.05) is 6.07 Å². The zero-order chi connectivity index (χ0) is 14.0. The van der Waals surface area contributed by atoms with Crippen LogP contribution in [0.25, 0.3) is 0 Å². The standard InChI is InChI=1S/C16H24N2O/c1-12-9-13(2)11-14(10-12)18(4)15(19)16(3)7-5-6-8-17-16/h9-11,17H,5-8H2,1-4H3. The lowest BCUT2D eigenvalue weighted by atomic mass is 9.89. The maximum Gasteiger partial charge on any atom is 0.246 e. The molecular weight excluding hydrogens is 236 g/mol. The molecule has 1 unspecified atom stereocenters. The lowest BCUT2D eigenvalue weighted by Crippen LogP contribution is -2.57. The minimum absolute atomic E-state index is 0.164. The minimum atomic E-state index is -0.412. The smallest absolute Gasteiger partial charge is 0.246 e. The fourth-order valence-electron chi connectivity index (χ4n) is 2.87. The Kier molecular flexibility index (Phi) is 3.95. The number of piperidine rings is 1. The molecule has 0 spiro atoms. The van der Waals surface area contributed by atoms with Crippen LogP contribution in [0.1, 0.15) is 37.3 Å². The van der Waals surface area contributed by atoms with Crippen LogP contribution in [0.15, 0.2) is 18.2 Å². The molecule has 3 nitrogen and oxygen atoms in total. The first-order chi connectivity index (χ1) is 8.92. The first kappa shape index (κ1) is 14.1. The van der Waals surface area contributed by atoms with E-state index in [1.165, 1.54) is 11.1 Å². The zero-order valence-corrected chi connectivity index (χ0v) is 12.4. The molecule has 1 atom stereocenters. The fraction of sp³-hybridized carbons (Fsp3) is 0.562. The number of hydrogen-bond donors (Lipinski definition) is 1. The number of benzene rings is 1. The molecule has 1 N–H and O–H groups in total. The Bertz CT molecular complexity index is 455. The van der Waals surface area contributed by atoms with E-state index in [1.807, 2.05) is 14.0 Å². The summed E-state index contributed by atoms with van der Waals surface area (Å²) in [5, 5.41) is 3.38. The molecular formula is C16H24N2O. The van der Waals surface area contributed by atoms with Crippen molar-refractivity contribution in [3.8, 4) is 0 Å². The molecule has 0 aliphatic carbocycles. The average Bonchev–Trinajstić information content (AvgIpc) is 2.36. The summed E-state index contributed by atoms with van der Waals surface area (Å²) in [6.45, 7) is 7.08. The Labute approximate surface area is 116 Å². The summed E-state index contributed by atoms with van der Waals surface area (Å²) in [6, 6.07) is 6.26. The predicted molar refractivity (Wildman–Crippen MR) is 79.6 cm³/mol. The third kappa shape index (κ3) is 2.98. The van der Waals surface area contributed by atoms with Gasteiger partial charge in [0.1, 0.15) is 0 Å². The molecule has 1 aromatic carbocycles. The third-order valence-corrected chi connectivity index (χ3v) is 3.99. The monoisotopic (exact) mass is 260 g/mol. The van der Waals surface area contributed by atoms with E-state index < -0.39 is 5.54 Å². The predicted octanol–water partition coefficient (Wildman–Crippen LogP) is 2.80. The van der Waals surface area contributed by atoms with E-state index in [2.05, 4.69) is 37.4 Å². The van der Waals surface area contributed by atoms with Crippen molar-refractivity contribution in [3.63, 3.8) is 0 Å². The van der Waals surface area contributed by atoms with Crippen molar-refractivity contribution < 1.29 is 4.79 Å². The highest BCUT2D eigenvalue weighted by Gasteiger charge is 2.36. The van der Waals surface area contributed by atoms with E-state index in [0.29, 0.717) is 0 Å². The maximum atomic E-state index is 12.7. The first-order valence-corrected chi connectivity index (χ1v) is 7.04. The van der Waals surface area contributed by atoms with Gasteiger partial charge in [0.15, 0.2) is 0 Å². The summed E-state index contributed by atoms with van der Waals surface area (Å²) >= 11 is 0. The Balaban J connectivity index is 2.22. The van der Waals surface area contributed by atoms with Crippen molar-refractivity contribution in [3.05, 3.63) is 29.3 Å². The highest BCUT2D eigenvalue weighted by atomic mass is 16.2. The Morgan fingerprint density at radius 1 is 1.21 bits per heavy atom. The van der Waals surface area contributed by atoms with Crippen LogP contribution in [0.3, 0.4) is 0 Å². The van der Waals surface area contributed by atoms with Gasteiger partial charge >= 0.3 is 0 Å². The van der Waals surface area contributed by atoms with Gasteiger partial charge in [-0.15, -0.1) is 0 Å². The Morgan fingerprint density at radius 2 is 1.84 bits per heavy atom. The zero-order valence-electron chi connectivity index (χ0n) is 12.4. The normalized spacial score (nSPS) is 23.2. The SMILES string of the molecule is Cc1cc(C)cc(N(C)C(=O)C2(C)CCCCN2)c1. The second-order valence-corrected chi connectivity index (χ2v) is 5.93. The van der Waals surface area contributed by atoms with Gasteiger partial charge in [-0.05, 0) is 69.8 Å². The van der Waals surface area contributed by atoms with Gasteiger partial charge in [-0.2, -0.15) is 0 Å². The third-order valence-electron chi connectivity index (χ3n) is 3.99. The van der Waals surface area contributed by atoms with Crippen molar-refractivity contribution >= 4 is 11.6 Å². The summed E-state index contributed by atoms with van der Waals surface area (Å²) in [4.78, 5) is 14.5. The molecule has 1 amide bonds. The van der Waals surface area contributed by atoms with E-state index in [-0.39, 0.29) is 5.91 Å².